The summed E-state index contributed by atoms with van der Waals surface area (Å²) >= 11 is 0. The molecule has 0 aliphatic rings. The summed E-state index contributed by atoms with van der Waals surface area (Å²) in [4.78, 5) is 23.4. The first kappa shape index (κ1) is 22.9. The highest BCUT2D eigenvalue weighted by atomic mass is 16.5. The second kappa shape index (κ2) is 14.3. The lowest BCUT2D eigenvalue weighted by atomic mass is 9.98. The van der Waals surface area contributed by atoms with Crippen LogP contribution in [0.5, 0.6) is 0 Å². The first-order valence-electron chi connectivity index (χ1n) is 9.82. The lowest BCUT2D eigenvalue weighted by molar-refractivity contribution is -0.156. The van der Waals surface area contributed by atoms with Crippen LogP contribution in [-0.4, -0.2) is 23.1 Å². The number of aliphatic carboxylic acids is 1. The summed E-state index contributed by atoms with van der Waals surface area (Å²) < 4.78 is 5.62. The average molecular weight is 343 g/mol. The third kappa shape index (κ3) is 12.4. The molecular weight excluding hydrogens is 304 g/mol. The van der Waals surface area contributed by atoms with E-state index in [-0.39, 0.29) is 18.5 Å². The predicted octanol–water partition coefficient (Wildman–Crippen LogP) is 5.59. The summed E-state index contributed by atoms with van der Waals surface area (Å²) in [5, 5.41) is 9.24. The van der Waals surface area contributed by atoms with Gasteiger partial charge in [-0.25, -0.2) is 0 Å². The van der Waals surface area contributed by atoms with Gasteiger partial charge in [0.05, 0.1) is 12.3 Å². The average Bonchev–Trinajstić information content (AvgIpc) is 2.52. The van der Waals surface area contributed by atoms with Crippen molar-refractivity contribution in [3.8, 4) is 0 Å². The Hall–Kier alpha value is -1.06. The van der Waals surface area contributed by atoms with Crippen LogP contribution in [0, 0.1) is 11.8 Å². The van der Waals surface area contributed by atoms with E-state index in [1.54, 1.807) is 0 Å². The molecule has 24 heavy (non-hydrogen) atoms. The van der Waals surface area contributed by atoms with Crippen LogP contribution in [0.1, 0.15) is 98.3 Å². The third-order valence-electron chi connectivity index (χ3n) is 4.40. The summed E-state index contributed by atoms with van der Waals surface area (Å²) in [6.45, 7) is 8.59. The molecule has 0 heterocycles. The summed E-state index contributed by atoms with van der Waals surface area (Å²) in [6, 6.07) is 0. The minimum atomic E-state index is -0.887. The standard InChI is InChI=1S/C20H38O4/c1-5-7-12-17(20(22)23)15-19(21)24-18(13-8-6-2)14-10-9-11-16(3)4/h16-18H,5-15H2,1-4H3,(H,22,23). The maximum atomic E-state index is 12.1. The fourth-order valence-electron chi connectivity index (χ4n) is 2.82. The molecule has 0 aliphatic carbocycles. The van der Waals surface area contributed by atoms with Gasteiger partial charge >= 0.3 is 11.9 Å². The summed E-state index contributed by atoms with van der Waals surface area (Å²) in [5.41, 5.74) is 0. The molecule has 0 bridgehead atoms. The molecule has 4 nitrogen and oxygen atoms in total. The largest absolute Gasteiger partial charge is 0.481 e. The minimum absolute atomic E-state index is 0.00392. The molecule has 0 rings (SSSR count). The van der Waals surface area contributed by atoms with E-state index in [1.807, 2.05) is 6.92 Å². The van der Waals surface area contributed by atoms with Gasteiger partial charge in [-0.15, -0.1) is 0 Å². The number of hydrogen-bond donors (Lipinski definition) is 1. The number of carbonyl (C=O) groups excluding carboxylic acids is 1. The molecule has 2 atom stereocenters. The molecule has 0 aromatic rings. The lowest BCUT2D eigenvalue weighted by Gasteiger charge is -2.19. The van der Waals surface area contributed by atoms with Crippen LogP contribution >= 0.6 is 0 Å². The van der Waals surface area contributed by atoms with Crippen LogP contribution < -0.4 is 0 Å². The van der Waals surface area contributed by atoms with Crippen molar-refractivity contribution in [2.45, 2.75) is 104 Å². The van der Waals surface area contributed by atoms with Crippen molar-refractivity contribution in [2.24, 2.45) is 11.8 Å². The fourth-order valence-corrected chi connectivity index (χ4v) is 2.82. The van der Waals surface area contributed by atoms with E-state index < -0.39 is 11.9 Å². The molecule has 0 aliphatic heterocycles. The van der Waals surface area contributed by atoms with Gasteiger partial charge in [0.15, 0.2) is 0 Å². The Bertz CT molecular complexity index is 339. The number of carbonyl (C=O) groups is 2. The van der Waals surface area contributed by atoms with Gasteiger partial charge in [0.1, 0.15) is 6.10 Å². The van der Waals surface area contributed by atoms with Gasteiger partial charge in [0.25, 0.3) is 0 Å². The van der Waals surface area contributed by atoms with Gasteiger partial charge in [-0.2, -0.15) is 0 Å². The van der Waals surface area contributed by atoms with Gasteiger partial charge in [-0.3, -0.25) is 9.59 Å². The topological polar surface area (TPSA) is 63.6 Å². The zero-order valence-corrected chi connectivity index (χ0v) is 16.2. The molecule has 0 amide bonds. The van der Waals surface area contributed by atoms with Crippen molar-refractivity contribution in [1.29, 1.82) is 0 Å². The normalized spacial score (nSPS) is 13.7. The molecule has 142 valence electrons. The molecule has 0 fully saturated rings. The second-order valence-electron chi connectivity index (χ2n) is 7.31. The molecule has 4 heteroatoms. The van der Waals surface area contributed by atoms with Gasteiger partial charge in [-0.1, -0.05) is 66.2 Å². The first-order valence-corrected chi connectivity index (χ1v) is 9.82. The molecular formula is C20H38O4. The highest BCUT2D eigenvalue weighted by Crippen LogP contribution is 2.19. The number of unbranched alkanes of at least 4 members (excludes halogenated alkanes) is 3. The fraction of sp³-hybridized carbons (Fsp3) is 0.900. The molecule has 1 N–H and O–H groups in total. The zero-order valence-electron chi connectivity index (χ0n) is 16.2. The van der Waals surface area contributed by atoms with Crippen molar-refractivity contribution in [2.75, 3.05) is 0 Å². The van der Waals surface area contributed by atoms with Crippen molar-refractivity contribution in [1.82, 2.24) is 0 Å². The Balaban J connectivity index is 4.36. The monoisotopic (exact) mass is 342 g/mol. The van der Waals surface area contributed by atoms with Crippen molar-refractivity contribution in [3.63, 3.8) is 0 Å². The van der Waals surface area contributed by atoms with E-state index in [2.05, 4.69) is 20.8 Å². The van der Waals surface area contributed by atoms with Crippen LogP contribution in [0.4, 0.5) is 0 Å². The van der Waals surface area contributed by atoms with Crippen LogP contribution in [0.3, 0.4) is 0 Å². The maximum Gasteiger partial charge on any atom is 0.307 e. The SMILES string of the molecule is CCCCC(CCCCC(C)C)OC(=O)CC(CCCC)C(=O)O. The van der Waals surface area contributed by atoms with Crippen LogP contribution in [0.25, 0.3) is 0 Å². The van der Waals surface area contributed by atoms with Crippen LogP contribution in [0.15, 0.2) is 0 Å². The third-order valence-corrected chi connectivity index (χ3v) is 4.40. The van der Waals surface area contributed by atoms with Crippen molar-refractivity contribution >= 4 is 11.9 Å². The van der Waals surface area contributed by atoms with E-state index in [9.17, 15) is 14.7 Å². The zero-order chi connectivity index (χ0) is 18.4. The van der Waals surface area contributed by atoms with Gasteiger partial charge in [0.2, 0.25) is 0 Å². The van der Waals surface area contributed by atoms with E-state index >= 15 is 0 Å². The molecule has 0 saturated heterocycles. The van der Waals surface area contributed by atoms with E-state index in [1.165, 1.54) is 6.42 Å². The molecule has 0 aromatic carbocycles. The van der Waals surface area contributed by atoms with E-state index in [4.69, 9.17) is 4.74 Å². The van der Waals surface area contributed by atoms with Crippen molar-refractivity contribution in [3.05, 3.63) is 0 Å². The highest BCUT2D eigenvalue weighted by molar-refractivity contribution is 5.78. The quantitative estimate of drug-likeness (QED) is 0.311. The maximum absolute atomic E-state index is 12.1. The Morgan fingerprint density at radius 3 is 1.96 bits per heavy atom. The second-order valence-corrected chi connectivity index (χ2v) is 7.31. The molecule has 0 aromatic heterocycles. The smallest absolute Gasteiger partial charge is 0.307 e. The molecule has 2 unspecified atom stereocenters. The Morgan fingerprint density at radius 2 is 1.42 bits per heavy atom. The number of carboxylic acids is 1. The summed E-state index contributed by atoms with van der Waals surface area (Å²) in [6.07, 6.45) is 9.60. The number of esters is 1. The van der Waals surface area contributed by atoms with Gasteiger partial charge in [-0.05, 0) is 31.6 Å². The molecule has 0 spiro atoms. The van der Waals surface area contributed by atoms with Gasteiger partial charge in [0, 0.05) is 0 Å². The van der Waals surface area contributed by atoms with Crippen LogP contribution in [-0.2, 0) is 14.3 Å². The first-order chi connectivity index (χ1) is 11.4. The molecule has 0 saturated carbocycles. The van der Waals surface area contributed by atoms with Crippen LogP contribution in [0.2, 0.25) is 0 Å². The Labute approximate surface area is 148 Å². The number of rotatable bonds is 15. The summed E-state index contributed by atoms with van der Waals surface area (Å²) in [7, 11) is 0. The minimum Gasteiger partial charge on any atom is -0.481 e. The molecule has 0 radical (unpaired) electrons. The summed E-state index contributed by atoms with van der Waals surface area (Å²) in [5.74, 6) is -1.13. The number of carboxylic acid groups (broad SMARTS) is 1. The predicted molar refractivity (Wildman–Crippen MR) is 98.0 cm³/mol. The Morgan fingerprint density at radius 1 is 0.875 bits per heavy atom. The number of hydrogen-bond acceptors (Lipinski definition) is 3. The van der Waals surface area contributed by atoms with Gasteiger partial charge < -0.3 is 9.84 Å². The number of ether oxygens (including phenoxy) is 1. The highest BCUT2D eigenvalue weighted by Gasteiger charge is 2.23. The van der Waals surface area contributed by atoms with E-state index in [0.29, 0.717) is 12.3 Å². The van der Waals surface area contributed by atoms with E-state index in [0.717, 1.165) is 51.4 Å². The Kier molecular flexibility index (Phi) is 13.7. The van der Waals surface area contributed by atoms with Crippen molar-refractivity contribution < 1.29 is 19.4 Å². The lowest BCUT2D eigenvalue weighted by Crippen LogP contribution is -2.24.